The number of hydrogen-bond acceptors (Lipinski definition) is 5. The molecule has 0 saturated heterocycles. The molecule has 0 atom stereocenters. The van der Waals surface area contributed by atoms with Crippen LogP contribution >= 0.6 is 11.6 Å². The van der Waals surface area contributed by atoms with Gasteiger partial charge in [-0.3, -0.25) is 0 Å². The molecular weight excluding hydrogens is 192 g/mol. The first-order chi connectivity index (χ1) is 6.27. The second kappa shape index (κ2) is 4.84. The Morgan fingerprint density at radius 2 is 2.46 bits per heavy atom. The van der Waals surface area contributed by atoms with Crippen molar-refractivity contribution in [2.24, 2.45) is 5.73 Å². The maximum Gasteiger partial charge on any atom is 0.318 e. The van der Waals surface area contributed by atoms with Gasteiger partial charge in [0.05, 0.1) is 13.3 Å². The minimum atomic E-state index is 0.281. The van der Waals surface area contributed by atoms with E-state index < -0.39 is 0 Å². The van der Waals surface area contributed by atoms with Gasteiger partial charge in [0.25, 0.3) is 0 Å². The van der Waals surface area contributed by atoms with E-state index in [0.29, 0.717) is 23.9 Å². The third-order valence-electron chi connectivity index (χ3n) is 1.34. The fraction of sp³-hybridized carbons (Fsp3) is 0.429. The minimum Gasteiger partial charge on any atom is -0.467 e. The molecule has 0 unspecified atom stereocenters. The van der Waals surface area contributed by atoms with Crippen LogP contribution in [0.3, 0.4) is 0 Å². The highest BCUT2D eigenvalue weighted by Gasteiger charge is 2.03. The molecule has 0 spiro atoms. The number of hydrogen-bond donors (Lipinski definition) is 2. The molecule has 0 saturated carbocycles. The van der Waals surface area contributed by atoms with E-state index in [9.17, 15) is 0 Å². The Balaban J connectivity index is 2.78. The molecular formula is C7H11ClN4O. The smallest absolute Gasteiger partial charge is 0.318 e. The molecule has 72 valence electrons. The van der Waals surface area contributed by atoms with Crippen LogP contribution in [0.1, 0.15) is 0 Å². The molecule has 3 N–H and O–H groups in total. The minimum absolute atomic E-state index is 0.281. The Bertz CT molecular complexity index is 281. The zero-order valence-corrected chi connectivity index (χ0v) is 8.01. The topological polar surface area (TPSA) is 73.1 Å². The molecule has 0 aromatic carbocycles. The second-order valence-electron chi connectivity index (χ2n) is 2.27. The molecule has 5 nitrogen and oxygen atoms in total. The number of halogens is 1. The van der Waals surface area contributed by atoms with Crippen LogP contribution in [0.25, 0.3) is 0 Å². The molecule has 1 heterocycles. The molecule has 13 heavy (non-hydrogen) atoms. The third-order valence-corrected chi connectivity index (χ3v) is 1.62. The fourth-order valence-corrected chi connectivity index (χ4v) is 0.922. The second-order valence-corrected chi connectivity index (χ2v) is 2.68. The lowest BCUT2D eigenvalue weighted by Crippen LogP contribution is -2.14. The van der Waals surface area contributed by atoms with Crippen molar-refractivity contribution in [3.8, 4) is 6.01 Å². The highest BCUT2D eigenvalue weighted by molar-refractivity contribution is 6.32. The fourth-order valence-electron chi connectivity index (χ4n) is 0.764. The van der Waals surface area contributed by atoms with Crippen LogP contribution in [0.5, 0.6) is 6.01 Å². The number of anilines is 1. The number of ether oxygens (including phenoxy) is 1. The first kappa shape index (κ1) is 10.0. The standard InChI is InChI=1S/C7H11ClN4O/c1-13-7-11-4-5(8)6(12-7)10-3-2-9/h4H,2-3,9H2,1H3,(H,10,11,12). The first-order valence-electron chi connectivity index (χ1n) is 3.78. The van der Waals surface area contributed by atoms with Crippen molar-refractivity contribution in [1.82, 2.24) is 9.97 Å². The van der Waals surface area contributed by atoms with Gasteiger partial charge >= 0.3 is 6.01 Å². The van der Waals surface area contributed by atoms with Gasteiger partial charge in [0.2, 0.25) is 0 Å². The summed E-state index contributed by atoms with van der Waals surface area (Å²) in [7, 11) is 1.50. The Labute approximate surface area is 81.3 Å². The number of methoxy groups -OCH3 is 1. The molecule has 1 aromatic heterocycles. The SMILES string of the molecule is COc1ncc(Cl)c(NCCN)n1. The van der Waals surface area contributed by atoms with Crippen LogP contribution in [0.4, 0.5) is 5.82 Å². The summed E-state index contributed by atoms with van der Waals surface area (Å²) in [5.41, 5.74) is 5.32. The maximum atomic E-state index is 5.81. The van der Waals surface area contributed by atoms with Crippen LogP contribution in [0, 0.1) is 0 Å². The van der Waals surface area contributed by atoms with E-state index in [0.717, 1.165) is 0 Å². The Morgan fingerprint density at radius 1 is 1.69 bits per heavy atom. The number of nitrogens with zero attached hydrogens (tertiary/aromatic N) is 2. The molecule has 0 aliphatic carbocycles. The van der Waals surface area contributed by atoms with E-state index in [-0.39, 0.29) is 6.01 Å². The van der Waals surface area contributed by atoms with Crippen LogP contribution in [0.15, 0.2) is 6.20 Å². The molecule has 0 amide bonds. The zero-order chi connectivity index (χ0) is 9.68. The van der Waals surface area contributed by atoms with E-state index >= 15 is 0 Å². The molecule has 0 fully saturated rings. The lowest BCUT2D eigenvalue weighted by atomic mass is 10.5. The molecule has 1 aromatic rings. The summed E-state index contributed by atoms with van der Waals surface area (Å²) < 4.78 is 4.84. The maximum absolute atomic E-state index is 5.81. The number of rotatable bonds is 4. The van der Waals surface area contributed by atoms with Gasteiger partial charge in [-0.1, -0.05) is 11.6 Å². The zero-order valence-electron chi connectivity index (χ0n) is 7.25. The van der Waals surface area contributed by atoms with Crippen molar-refractivity contribution in [2.75, 3.05) is 25.5 Å². The highest BCUT2D eigenvalue weighted by Crippen LogP contribution is 2.19. The van der Waals surface area contributed by atoms with Crippen LogP contribution in [0.2, 0.25) is 5.02 Å². The summed E-state index contributed by atoms with van der Waals surface area (Å²) in [5, 5.41) is 3.40. The van der Waals surface area contributed by atoms with Gasteiger partial charge in [0.1, 0.15) is 5.02 Å². The lowest BCUT2D eigenvalue weighted by Gasteiger charge is -2.06. The summed E-state index contributed by atoms with van der Waals surface area (Å²) in [4.78, 5) is 7.83. The Kier molecular flexibility index (Phi) is 3.72. The van der Waals surface area contributed by atoms with Gasteiger partial charge in [-0.05, 0) is 0 Å². The first-order valence-corrected chi connectivity index (χ1v) is 4.16. The monoisotopic (exact) mass is 202 g/mol. The predicted octanol–water partition coefficient (Wildman–Crippen LogP) is 0.509. The molecule has 0 aliphatic heterocycles. The molecule has 0 aliphatic rings. The van der Waals surface area contributed by atoms with E-state index in [4.69, 9.17) is 22.1 Å². The van der Waals surface area contributed by atoms with E-state index in [2.05, 4.69) is 15.3 Å². The predicted molar refractivity (Wildman–Crippen MR) is 51.1 cm³/mol. The summed E-state index contributed by atoms with van der Waals surface area (Å²) in [6.07, 6.45) is 1.48. The van der Waals surface area contributed by atoms with Crippen molar-refractivity contribution in [3.63, 3.8) is 0 Å². The van der Waals surface area contributed by atoms with Gasteiger partial charge < -0.3 is 15.8 Å². The normalized spacial score (nSPS) is 9.77. The molecule has 0 bridgehead atoms. The van der Waals surface area contributed by atoms with Gasteiger partial charge in [-0.15, -0.1) is 0 Å². The Morgan fingerprint density at radius 3 is 3.08 bits per heavy atom. The highest BCUT2D eigenvalue weighted by atomic mass is 35.5. The largest absolute Gasteiger partial charge is 0.467 e. The summed E-state index contributed by atoms with van der Waals surface area (Å²) in [6.45, 7) is 1.13. The van der Waals surface area contributed by atoms with Crippen molar-refractivity contribution in [3.05, 3.63) is 11.2 Å². The van der Waals surface area contributed by atoms with Crippen molar-refractivity contribution >= 4 is 17.4 Å². The average Bonchev–Trinajstić information content (AvgIpc) is 2.17. The third kappa shape index (κ3) is 2.71. The van der Waals surface area contributed by atoms with Crippen molar-refractivity contribution in [1.29, 1.82) is 0 Å². The molecule has 1 rings (SSSR count). The summed E-state index contributed by atoms with van der Waals surface area (Å²) >= 11 is 5.81. The van der Waals surface area contributed by atoms with Gasteiger partial charge in [-0.2, -0.15) is 4.98 Å². The number of nitrogens with one attached hydrogen (secondary N) is 1. The van der Waals surface area contributed by atoms with Gasteiger partial charge in [-0.25, -0.2) is 4.98 Å². The van der Waals surface area contributed by atoms with Crippen LogP contribution < -0.4 is 15.8 Å². The van der Waals surface area contributed by atoms with Gasteiger partial charge in [0, 0.05) is 13.1 Å². The van der Waals surface area contributed by atoms with Gasteiger partial charge in [0.15, 0.2) is 5.82 Å². The molecule has 0 radical (unpaired) electrons. The van der Waals surface area contributed by atoms with E-state index in [1.807, 2.05) is 0 Å². The van der Waals surface area contributed by atoms with Crippen molar-refractivity contribution in [2.45, 2.75) is 0 Å². The summed E-state index contributed by atoms with van der Waals surface area (Å²) in [5.74, 6) is 0.541. The van der Waals surface area contributed by atoms with Crippen LogP contribution in [-0.4, -0.2) is 30.2 Å². The quantitative estimate of drug-likeness (QED) is 0.744. The molecule has 6 heteroatoms. The average molecular weight is 203 g/mol. The summed E-state index contributed by atoms with van der Waals surface area (Å²) in [6, 6.07) is 0.281. The van der Waals surface area contributed by atoms with Crippen LogP contribution in [-0.2, 0) is 0 Å². The lowest BCUT2D eigenvalue weighted by molar-refractivity contribution is 0.380. The number of nitrogens with two attached hydrogens (primary N) is 1. The Hall–Kier alpha value is -1.07. The van der Waals surface area contributed by atoms with Crippen molar-refractivity contribution < 1.29 is 4.74 Å². The van der Waals surface area contributed by atoms with E-state index in [1.165, 1.54) is 13.3 Å². The van der Waals surface area contributed by atoms with E-state index in [1.54, 1.807) is 0 Å². The number of aromatic nitrogens is 2.